The molecular formula is C25H34N8O2. The van der Waals surface area contributed by atoms with E-state index in [9.17, 15) is 9.90 Å². The average molecular weight is 479 g/mol. The van der Waals surface area contributed by atoms with Gasteiger partial charge in [0.25, 0.3) is 0 Å². The number of amides is 1. The molecule has 3 aromatic rings. The number of piperidine rings is 1. The number of aliphatic hydroxyl groups excluding tert-OH is 1. The summed E-state index contributed by atoms with van der Waals surface area (Å²) < 4.78 is 0. The van der Waals surface area contributed by atoms with Gasteiger partial charge in [-0.25, -0.2) is 9.97 Å². The molecule has 0 aliphatic carbocycles. The molecule has 0 saturated carbocycles. The molecule has 10 nitrogen and oxygen atoms in total. The Bertz CT molecular complexity index is 1160. The average Bonchev–Trinajstić information content (AvgIpc) is 3.30. The zero-order valence-electron chi connectivity index (χ0n) is 20.2. The minimum absolute atomic E-state index is 0.126. The lowest BCUT2D eigenvalue weighted by atomic mass is 10.00. The first-order chi connectivity index (χ1) is 17.1. The lowest BCUT2D eigenvalue weighted by Crippen LogP contribution is -2.41. The monoisotopic (exact) mass is 478 g/mol. The summed E-state index contributed by atoms with van der Waals surface area (Å²) in [6.07, 6.45) is 4.55. The lowest BCUT2D eigenvalue weighted by molar-refractivity contribution is -0.129. The summed E-state index contributed by atoms with van der Waals surface area (Å²) in [4.78, 5) is 24.6. The molecule has 2 aliphatic rings. The second-order valence-electron chi connectivity index (χ2n) is 9.56. The number of anilines is 2. The molecule has 0 spiro atoms. The number of H-pyrrole nitrogens is 1. The summed E-state index contributed by atoms with van der Waals surface area (Å²) >= 11 is 0. The molecule has 0 radical (unpaired) electrons. The molecule has 1 fully saturated rings. The highest BCUT2D eigenvalue weighted by Crippen LogP contribution is 2.25. The molecule has 1 unspecified atom stereocenters. The number of benzene rings is 1. The van der Waals surface area contributed by atoms with Crippen LogP contribution in [0.3, 0.4) is 0 Å². The first kappa shape index (κ1) is 23.5. The van der Waals surface area contributed by atoms with Gasteiger partial charge < -0.3 is 20.6 Å². The topological polar surface area (TPSA) is 122 Å². The number of aliphatic hydroxyl groups is 1. The number of carbonyl (C=O) groups is 1. The molecule has 2 aromatic heterocycles. The Morgan fingerprint density at radius 3 is 2.77 bits per heavy atom. The van der Waals surface area contributed by atoms with Crippen LogP contribution in [0, 0.1) is 0 Å². The number of nitrogens with zero attached hydrogens (tertiary/aromatic N) is 5. The van der Waals surface area contributed by atoms with E-state index in [0.29, 0.717) is 30.1 Å². The third kappa shape index (κ3) is 5.54. The zero-order chi connectivity index (χ0) is 24.2. The van der Waals surface area contributed by atoms with E-state index in [1.54, 1.807) is 6.92 Å². The summed E-state index contributed by atoms with van der Waals surface area (Å²) in [7, 11) is 0. The van der Waals surface area contributed by atoms with Crippen LogP contribution in [0.4, 0.5) is 11.6 Å². The molecule has 4 N–H and O–H groups in total. The summed E-state index contributed by atoms with van der Waals surface area (Å²) in [6, 6.07) is 8.85. The van der Waals surface area contributed by atoms with Crippen molar-refractivity contribution in [1.82, 2.24) is 30.0 Å². The van der Waals surface area contributed by atoms with Gasteiger partial charge in [0.05, 0.1) is 6.10 Å². The lowest BCUT2D eigenvalue weighted by Gasteiger charge is -2.31. The maximum absolute atomic E-state index is 11.6. The molecule has 1 aromatic carbocycles. The van der Waals surface area contributed by atoms with Crippen molar-refractivity contribution in [2.24, 2.45) is 0 Å². The van der Waals surface area contributed by atoms with Gasteiger partial charge in [-0.2, -0.15) is 5.10 Å². The molecule has 1 atom stereocenters. The Labute approximate surface area is 205 Å². The molecule has 4 heterocycles. The van der Waals surface area contributed by atoms with Crippen LogP contribution in [0.1, 0.15) is 37.3 Å². The Hall–Kier alpha value is -3.24. The van der Waals surface area contributed by atoms with Crippen LogP contribution in [-0.2, 0) is 17.8 Å². The van der Waals surface area contributed by atoms with Crippen LogP contribution in [0.2, 0.25) is 0 Å². The van der Waals surface area contributed by atoms with Gasteiger partial charge in [0.1, 0.15) is 17.4 Å². The number of carbonyl (C=O) groups excluding carboxylic acids is 1. The SMILES string of the molecule is CC(=O)N1CCC(Nc2ncnc3c(NCC(O)CCN4CCc5ccccc5C4)n[nH]c23)CC1. The molecule has 5 rings (SSSR count). The number of fused-ring (bicyclic) bond motifs is 2. The molecule has 1 amide bonds. The Kier molecular flexibility index (Phi) is 7.10. The highest BCUT2D eigenvalue weighted by Gasteiger charge is 2.22. The fourth-order valence-corrected chi connectivity index (χ4v) is 4.99. The van der Waals surface area contributed by atoms with E-state index in [4.69, 9.17) is 0 Å². The van der Waals surface area contributed by atoms with Crippen LogP contribution in [0.25, 0.3) is 11.0 Å². The molecule has 10 heteroatoms. The third-order valence-electron chi connectivity index (χ3n) is 7.13. The van der Waals surface area contributed by atoms with Crippen LogP contribution < -0.4 is 10.6 Å². The minimum Gasteiger partial charge on any atom is -0.391 e. The molecule has 186 valence electrons. The Balaban J connectivity index is 1.12. The van der Waals surface area contributed by atoms with Gasteiger partial charge in [-0.1, -0.05) is 24.3 Å². The van der Waals surface area contributed by atoms with E-state index in [2.05, 4.69) is 60.0 Å². The summed E-state index contributed by atoms with van der Waals surface area (Å²) in [5, 5.41) is 24.7. The van der Waals surface area contributed by atoms with E-state index in [-0.39, 0.29) is 11.9 Å². The Morgan fingerprint density at radius 1 is 1.17 bits per heavy atom. The fourth-order valence-electron chi connectivity index (χ4n) is 4.99. The van der Waals surface area contributed by atoms with Crippen molar-refractivity contribution in [3.63, 3.8) is 0 Å². The number of likely N-dealkylation sites (tertiary alicyclic amines) is 1. The van der Waals surface area contributed by atoms with Gasteiger partial charge in [0.15, 0.2) is 11.6 Å². The van der Waals surface area contributed by atoms with Gasteiger partial charge in [0.2, 0.25) is 5.91 Å². The maximum Gasteiger partial charge on any atom is 0.219 e. The molecular weight excluding hydrogens is 444 g/mol. The van der Waals surface area contributed by atoms with Gasteiger partial charge in [-0.15, -0.1) is 0 Å². The summed E-state index contributed by atoms with van der Waals surface area (Å²) in [5.41, 5.74) is 4.27. The number of nitrogens with one attached hydrogen (secondary N) is 3. The van der Waals surface area contributed by atoms with Crippen LogP contribution in [0.5, 0.6) is 0 Å². The number of hydrogen-bond acceptors (Lipinski definition) is 8. The van der Waals surface area contributed by atoms with Crippen molar-refractivity contribution in [1.29, 1.82) is 0 Å². The summed E-state index contributed by atoms with van der Waals surface area (Å²) in [6.45, 7) is 6.35. The van der Waals surface area contributed by atoms with Gasteiger partial charge in [0, 0.05) is 52.2 Å². The Morgan fingerprint density at radius 2 is 1.97 bits per heavy atom. The van der Waals surface area contributed by atoms with E-state index >= 15 is 0 Å². The number of hydrogen-bond donors (Lipinski definition) is 4. The van der Waals surface area contributed by atoms with Crippen LogP contribution in [-0.4, -0.2) is 85.8 Å². The fraction of sp³-hybridized carbons (Fsp3) is 0.520. The third-order valence-corrected chi connectivity index (χ3v) is 7.13. The predicted molar refractivity (Wildman–Crippen MR) is 135 cm³/mol. The molecule has 0 bridgehead atoms. The minimum atomic E-state index is -0.482. The first-order valence-electron chi connectivity index (χ1n) is 12.5. The van der Waals surface area contributed by atoms with Crippen LogP contribution in [0.15, 0.2) is 30.6 Å². The molecule has 1 saturated heterocycles. The van der Waals surface area contributed by atoms with Gasteiger partial charge in [-0.05, 0) is 36.8 Å². The van der Waals surface area contributed by atoms with Gasteiger partial charge >= 0.3 is 0 Å². The second-order valence-corrected chi connectivity index (χ2v) is 9.56. The van der Waals surface area contributed by atoms with Crippen molar-refractivity contribution in [2.45, 2.75) is 51.3 Å². The highest BCUT2D eigenvalue weighted by molar-refractivity contribution is 5.92. The van der Waals surface area contributed by atoms with Crippen molar-refractivity contribution in [2.75, 3.05) is 43.4 Å². The zero-order valence-corrected chi connectivity index (χ0v) is 20.2. The molecule has 2 aliphatic heterocycles. The summed E-state index contributed by atoms with van der Waals surface area (Å²) in [5.74, 6) is 1.45. The van der Waals surface area contributed by atoms with E-state index in [0.717, 1.165) is 57.5 Å². The number of aromatic amines is 1. The van der Waals surface area contributed by atoms with Crippen molar-refractivity contribution in [3.05, 3.63) is 41.7 Å². The highest BCUT2D eigenvalue weighted by atomic mass is 16.3. The largest absolute Gasteiger partial charge is 0.391 e. The maximum atomic E-state index is 11.6. The standard InChI is InChI=1S/C25H34N8O2/c1-17(34)33-12-7-20(8-13-33)29-24-23-22(27-16-28-24)25(31-30-23)26-14-21(35)9-11-32-10-6-18-4-2-3-5-19(18)15-32/h2-5,16,20-21,35H,6-15H2,1H3,(H2,26,30,31)(H,27,28,29). The molecule has 35 heavy (non-hydrogen) atoms. The van der Waals surface area contributed by atoms with E-state index < -0.39 is 6.10 Å². The second kappa shape index (κ2) is 10.6. The van der Waals surface area contributed by atoms with Gasteiger partial charge in [-0.3, -0.25) is 14.8 Å². The number of rotatable bonds is 8. The first-order valence-corrected chi connectivity index (χ1v) is 12.5. The van der Waals surface area contributed by atoms with E-state index in [1.807, 2.05) is 4.90 Å². The quantitative estimate of drug-likeness (QED) is 0.388. The van der Waals surface area contributed by atoms with Crippen molar-refractivity contribution < 1.29 is 9.90 Å². The normalized spacial score (nSPS) is 17.8. The van der Waals surface area contributed by atoms with Crippen molar-refractivity contribution in [3.8, 4) is 0 Å². The van der Waals surface area contributed by atoms with E-state index in [1.165, 1.54) is 17.5 Å². The smallest absolute Gasteiger partial charge is 0.219 e. The number of aromatic nitrogens is 4. The van der Waals surface area contributed by atoms with Crippen LogP contribution >= 0.6 is 0 Å². The predicted octanol–water partition coefficient (Wildman–Crippen LogP) is 2.00. The van der Waals surface area contributed by atoms with Crippen molar-refractivity contribution >= 4 is 28.6 Å².